The molecule has 5 nitrogen and oxygen atoms in total. The van der Waals surface area contributed by atoms with Crippen molar-refractivity contribution in [3.05, 3.63) is 10.6 Å². The number of amides is 1. The molecule has 0 saturated heterocycles. The highest BCUT2D eigenvalue weighted by Crippen LogP contribution is 2.10. The number of aromatic nitrogens is 2. The number of rotatable bonds is 2. The van der Waals surface area contributed by atoms with Crippen LogP contribution in [0.5, 0.6) is 0 Å². The third-order valence-corrected chi connectivity index (χ3v) is 2.03. The summed E-state index contributed by atoms with van der Waals surface area (Å²) in [4.78, 5) is 11.5. The van der Waals surface area contributed by atoms with Gasteiger partial charge >= 0.3 is 0 Å². The van der Waals surface area contributed by atoms with Crippen LogP contribution < -0.4 is 5.32 Å². The van der Waals surface area contributed by atoms with Gasteiger partial charge in [0.15, 0.2) is 6.19 Å². The Balaban J connectivity index is 2.88. The highest BCUT2D eigenvalue weighted by atomic mass is 32.1. The molecule has 0 aliphatic carbocycles. The van der Waals surface area contributed by atoms with Crippen LogP contribution in [0.3, 0.4) is 0 Å². The van der Waals surface area contributed by atoms with E-state index in [0.717, 1.165) is 11.5 Å². The van der Waals surface area contributed by atoms with Crippen LogP contribution in [0.1, 0.15) is 22.3 Å². The van der Waals surface area contributed by atoms with E-state index in [0.29, 0.717) is 17.0 Å². The highest BCUT2D eigenvalue weighted by molar-refractivity contribution is 7.08. The minimum Gasteiger partial charge on any atom is -0.267 e. The summed E-state index contributed by atoms with van der Waals surface area (Å²) in [5.41, 5.74) is 0.632. The second kappa shape index (κ2) is 3.78. The number of hydrogen-bond acceptors (Lipinski definition) is 5. The smallest absolute Gasteiger partial charge is 0.267 e. The van der Waals surface area contributed by atoms with Gasteiger partial charge in [-0.2, -0.15) is 5.26 Å². The zero-order valence-corrected chi connectivity index (χ0v) is 7.18. The number of nitriles is 1. The van der Waals surface area contributed by atoms with Crippen LogP contribution in [-0.4, -0.2) is 15.5 Å². The zero-order chi connectivity index (χ0) is 8.97. The van der Waals surface area contributed by atoms with Gasteiger partial charge in [0, 0.05) is 0 Å². The quantitative estimate of drug-likeness (QED) is 0.527. The van der Waals surface area contributed by atoms with Gasteiger partial charge in [-0.1, -0.05) is 11.4 Å². The van der Waals surface area contributed by atoms with Gasteiger partial charge in [-0.05, 0) is 18.0 Å². The lowest BCUT2D eigenvalue weighted by Gasteiger charge is -1.92. The van der Waals surface area contributed by atoms with E-state index in [9.17, 15) is 4.79 Å². The Morgan fingerprint density at radius 3 is 3.17 bits per heavy atom. The number of hydrogen-bond donors (Lipinski definition) is 1. The molecule has 0 fully saturated rings. The molecule has 0 aliphatic heterocycles. The average Bonchev–Trinajstić information content (AvgIpc) is 2.51. The van der Waals surface area contributed by atoms with Crippen molar-refractivity contribution in [3.63, 3.8) is 0 Å². The fourth-order valence-electron chi connectivity index (χ4n) is 0.720. The van der Waals surface area contributed by atoms with E-state index < -0.39 is 5.91 Å². The fourth-order valence-corrected chi connectivity index (χ4v) is 1.37. The minimum absolute atomic E-state index is 0.416. The van der Waals surface area contributed by atoms with Crippen molar-refractivity contribution in [1.82, 2.24) is 14.9 Å². The third-order valence-electron chi connectivity index (χ3n) is 1.27. The number of nitrogens with one attached hydrogen (secondary N) is 1. The molecule has 0 radical (unpaired) electrons. The predicted molar refractivity (Wildman–Crippen MR) is 42.4 cm³/mol. The molecule has 1 aromatic rings. The molecule has 62 valence electrons. The summed E-state index contributed by atoms with van der Waals surface area (Å²) < 4.78 is 3.62. The summed E-state index contributed by atoms with van der Waals surface area (Å²) in [6.07, 6.45) is 2.20. The second-order valence-electron chi connectivity index (χ2n) is 1.97. The van der Waals surface area contributed by atoms with Crippen LogP contribution in [0.2, 0.25) is 0 Å². The Labute approximate surface area is 73.2 Å². The maximum absolute atomic E-state index is 11.1. The Hall–Kier alpha value is -1.48. The summed E-state index contributed by atoms with van der Waals surface area (Å²) in [6.45, 7) is 1.87. The molecule has 0 unspecified atom stereocenters. The molecule has 0 atom stereocenters. The largest absolute Gasteiger partial charge is 0.277 e. The van der Waals surface area contributed by atoms with Crippen LogP contribution in [0.4, 0.5) is 0 Å². The van der Waals surface area contributed by atoms with E-state index in [1.807, 2.05) is 12.2 Å². The maximum Gasteiger partial charge on any atom is 0.277 e. The third kappa shape index (κ3) is 1.57. The molecule has 1 amide bonds. The first kappa shape index (κ1) is 8.62. The molecular weight excluding hydrogens is 176 g/mol. The first-order chi connectivity index (χ1) is 5.79. The molecule has 6 heteroatoms. The zero-order valence-electron chi connectivity index (χ0n) is 6.37. The molecule has 0 saturated carbocycles. The number of carbonyl (C=O) groups is 1. The van der Waals surface area contributed by atoms with Crippen molar-refractivity contribution < 1.29 is 4.79 Å². The van der Waals surface area contributed by atoms with E-state index in [1.54, 1.807) is 6.19 Å². The first-order valence-corrected chi connectivity index (χ1v) is 4.07. The van der Waals surface area contributed by atoms with Crippen molar-refractivity contribution in [2.75, 3.05) is 0 Å². The van der Waals surface area contributed by atoms with Gasteiger partial charge in [0.05, 0.1) is 5.69 Å². The number of nitrogens with zero attached hydrogens (tertiary/aromatic N) is 3. The number of aryl methyl sites for hydroxylation is 1. The summed E-state index contributed by atoms with van der Waals surface area (Å²) in [6, 6.07) is 0. The average molecular weight is 182 g/mol. The van der Waals surface area contributed by atoms with E-state index >= 15 is 0 Å². The summed E-state index contributed by atoms with van der Waals surface area (Å²) in [5.74, 6) is -0.427. The highest BCUT2D eigenvalue weighted by Gasteiger charge is 2.13. The van der Waals surface area contributed by atoms with Crippen LogP contribution in [0, 0.1) is 11.5 Å². The molecule has 0 aliphatic rings. The van der Waals surface area contributed by atoms with Gasteiger partial charge < -0.3 is 0 Å². The van der Waals surface area contributed by atoms with E-state index in [-0.39, 0.29) is 0 Å². The molecule has 0 spiro atoms. The van der Waals surface area contributed by atoms with Crippen molar-refractivity contribution in [2.45, 2.75) is 13.3 Å². The Morgan fingerprint density at radius 2 is 2.58 bits per heavy atom. The summed E-state index contributed by atoms with van der Waals surface area (Å²) in [5, 5.41) is 13.9. The van der Waals surface area contributed by atoms with E-state index in [1.165, 1.54) is 0 Å². The first-order valence-electron chi connectivity index (χ1n) is 3.30. The lowest BCUT2D eigenvalue weighted by atomic mass is 10.3. The molecule has 1 aromatic heterocycles. The van der Waals surface area contributed by atoms with Gasteiger partial charge in [0.2, 0.25) is 0 Å². The maximum atomic E-state index is 11.1. The van der Waals surface area contributed by atoms with Crippen LogP contribution >= 0.6 is 11.5 Å². The lowest BCUT2D eigenvalue weighted by Crippen LogP contribution is -2.17. The van der Waals surface area contributed by atoms with Gasteiger partial charge in [0.1, 0.15) is 4.88 Å². The molecule has 12 heavy (non-hydrogen) atoms. The number of carbonyl (C=O) groups excluding carboxylic acids is 1. The normalized spacial score (nSPS) is 9.00. The minimum atomic E-state index is -0.427. The molecule has 1 heterocycles. The van der Waals surface area contributed by atoms with Crippen LogP contribution in [0.25, 0.3) is 0 Å². The molecular formula is C6H6N4OS. The topological polar surface area (TPSA) is 78.7 Å². The molecule has 0 bridgehead atoms. The Bertz CT molecular complexity index is 327. The Kier molecular flexibility index (Phi) is 2.71. The second-order valence-corrected chi connectivity index (χ2v) is 2.72. The summed E-state index contributed by atoms with van der Waals surface area (Å²) >= 11 is 0.998. The van der Waals surface area contributed by atoms with Crippen molar-refractivity contribution in [3.8, 4) is 6.19 Å². The molecule has 1 N–H and O–H groups in total. The fraction of sp³-hybridized carbons (Fsp3) is 0.333. The van der Waals surface area contributed by atoms with Crippen molar-refractivity contribution in [2.24, 2.45) is 0 Å². The van der Waals surface area contributed by atoms with Crippen molar-refractivity contribution in [1.29, 1.82) is 5.26 Å². The van der Waals surface area contributed by atoms with Gasteiger partial charge in [-0.25, -0.2) is 0 Å². The van der Waals surface area contributed by atoms with Crippen LogP contribution in [-0.2, 0) is 6.42 Å². The molecule has 1 rings (SSSR count). The summed E-state index contributed by atoms with van der Waals surface area (Å²) in [7, 11) is 0. The standard InChI is InChI=1S/C6H6N4OS/c1-2-4-5(12-10-9-4)6(11)8-3-7/h2H2,1H3,(H,8,11). The van der Waals surface area contributed by atoms with Gasteiger partial charge in [0.25, 0.3) is 5.91 Å². The lowest BCUT2D eigenvalue weighted by molar-refractivity contribution is 0.0976. The monoisotopic (exact) mass is 182 g/mol. The van der Waals surface area contributed by atoms with E-state index in [2.05, 4.69) is 9.59 Å². The van der Waals surface area contributed by atoms with Crippen molar-refractivity contribution >= 4 is 17.4 Å². The SMILES string of the molecule is CCc1nnsc1C(=O)NC#N. The van der Waals surface area contributed by atoms with Gasteiger partial charge in [-0.15, -0.1) is 5.10 Å². The Morgan fingerprint density at radius 1 is 1.83 bits per heavy atom. The predicted octanol–water partition coefficient (Wildman–Crippen LogP) is 0.311. The molecule has 0 aromatic carbocycles. The van der Waals surface area contributed by atoms with Gasteiger partial charge in [-0.3, -0.25) is 10.1 Å². The van der Waals surface area contributed by atoms with E-state index in [4.69, 9.17) is 5.26 Å². The van der Waals surface area contributed by atoms with Crippen LogP contribution in [0.15, 0.2) is 0 Å².